The molecular formula is C15H20INO2. The van der Waals surface area contributed by atoms with Gasteiger partial charge in [0.05, 0.1) is 3.57 Å². The number of rotatable bonds is 4. The van der Waals surface area contributed by atoms with Crippen LogP contribution in [0.15, 0.2) is 24.3 Å². The van der Waals surface area contributed by atoms with E-state index in [0.717, 1.165) is 22.2 Å². The number of hydrogen-bond donors (Lipinski definition) is 1. The van der Waals surface area contributed by atoms with E-state index >= 15 is 0 Å². The standard InChI is InChI=1S/C15H20INO2/c16-13-9-5-6-10-14(13)19-11-15(18)17-12-7-3-1-2-4-8-12/h5-6,9-10,12H,1-4,7-8,11H2,(H,17,18). The third kappa shape index (κ3) is 5.01. The minimum atomic E-state index is -0.00782. The fourth-order valence-corrected chi connectivity index (χ4v) is 2.94. The van der Waals surface area contributed by atoms with Crippen molar-refractivity contribution in [3.05, 3.63) is 27.8 Å². The van der Waals surface area contributed by atoms with Crippen molar-refractivity contribution in [2.75, 3.05) is 6.61 Å². The lowest BCUT2D eigenvalue weighted by atomic mass is 10.1. The van der Waals surface area contributed by atoms with Gasteiger partial charge in [-0.2, -0.15) is 0 Å². The zero-order valence-electron chi connectivity index (χ0n) is 11.0. The van der Waals surface area contributed by atoms with E-state index in [-0.39, 0.29) is 12.5 Å². The Morgan fingerprint density at radius 2 is 1.89 bits per heavy atom. The maximum atomic E-state index is 11.9. The second kappa shape index (κ2) is 7.72. The molecule has 4 heteroatoms. The van der Waals surface area contributed by atoms with Gasteiger partial charge in [0, 0.05) is 6.04 Å². The zero-order chi connectivity index (χ0) is 13.5. The van der Waals surface area contributed by atoms with E-state index < -0.39 is 0 Å². The molecule has 2 rings (SSSR count). The van der Waals surface area contributed by atoms with Gasteiger partial charge in [-0.1, -0.05) is 37.8 Å². The highest BCUT2D eigenvalue weighted by Gasteiger charge is 2.15. The average Bonchev–Trinajstić information content (AvgIpc) is 2.66. The van der Waals surface area contributed by atoms with Gasteiger partial charge in [0.15, 0.2) is 6.61 Å². The molecule has 0 aliphatic heterocycles. The fraction of sp³-hybridized carbons (Fsp3) is 0.533. The van der Waals surface area contributed by atoms with Crippen molar-refractivity contribution < 1.29 is 9.53 Å². The van der Waals surface area contributed by atoms with E-state index in [1.807, 2.05) is 24.3 Å². The Kier molecular flexibility index (Phi) is 5.94. The molecule has 0 bridgehead atoms. The van der Waals surface area contributed by atoms with Crippen LogP contribution < -0.4 is 10.1 Å². The number of nitrogens with one attached hydrogen (secondary N) is 1. The van der Waals surface area contributed by atoms with Crippen LogP contribution in [0.4, 0.5) is 0 Å². The Labute approximate surface area is 128 Å². The number of hydrogen-bond acceptors (Lipinski definition) is 2. The molecule has 1 fully saturated rings. The number of halogens is 1. The summed E-state index contributed by atoms with van der Waals surface area (Å²) in [4.78, 5) is 11.9. The topological polar surface area (TPSA) is 38.3 Å². The molecule has 0 saturated heterocycles. The smallest absolute Gasteiger partial charge is 0.258 e. The number of para-hydroxylation sites is 1. The van der Waals surface area contributed by atoms with Crippen molar-refractivity contribution in [1.82, 2.24) is 5.32 Å². The van der Waals surface area contributed by atoms with Crippen LogP contribution in [0.1, 0.15) is 38.5 Å². The first-order valence-corrected chi connectivity index (χ1v) is 8.00. The summed E-state index contributed by atoms with van der Waals surface area (Å²) >= 11 is 2.21. The molecule has 1 aromatic rings. The number of carbonyl (C=O) groups excluding carboxylic acids is 1. The predicted molar refractivity (Wildman–Crippen MR) is 84.3 cm³/mol. The molecular weight excluding hydrogens is 353 g/mol. The van der Waals surface area contributed by atoms with Gasteiger partial charge in [0.1, 0.15) is 5.75 Å². The molecule has 1 amide bonds. The molecule has 1 N–H and O–H groups in total. The summed E-state index contributed by atoms with van der Waals surface area (Å²) in [6, 6.07) is 8.08. The van der Waals surface area contributed by atoms with Crippen LogP contribution in [0.25, 0.3) is 0 Å². The maximum Gasteiger partial charge on any atom is 0.258 e. The third-order valence-corrected chi connectivity index (χ3v) is 4.31. The first kappa shape index (κ1) is 14.6. The highest BCUT2D eigenvalue weighted by atomic mass is 127. The number of ether oxygens (including phenoxy) is 1. The molecule has 104 valence electrons. The fourth-order valence-electron chi connectivity index (χ4n) is 2.40. The van der Waals surface area contributed by atoms with Gasteiger partial charge in [-0.15, -0.1) is 0 Å². The molecule has 19 heavy (non-hydrogen) atoms. The quantitative estimate of drug-likeness (QED) is 0.648. The minimum absolute atomic E-state index is 0.00782. The Balaban J connectivity index is 1.76. The van der Waals surface area contributed by atoms with Crippen molar-refractivity contribution in [1.29, 1.82) is 0 Å². The average molecular weight is 373 g/mol. The monoisotopic (exact) mass is 373 g/mol. The van der Waals surface area contributed by atoms with E-state index in [0.29, 0.717) is 6.04 Å². The highest BCUT2D eigenvalue weighted by molar-refractivity contribution is 14.1. The largest absolute Gasteiger partial charge is 0.483 e. The SMILES string of the molecule is O=C(COc1ccccc1I)NC1CCCCCC1. The lowest BCUT2D eigenvalue weighted by Crippen LogP contribution is -2.37. The van der Waals surface area contributed by atoms with Crippen molar-refractivity contribution in [2.24, 2.45) is 0 Å². The van der Waals surface area contributed by atoms with Gasteiger partial charge in [-0.25, -0.2) is 0 Å². The normalized spacial score (nSPS) is 16.7. The van der Waals surface area contributed by atoms with Gasteiger partial charge in [0.25, 0.3) is 5.91 Å². The van der Waals surface area contributed by atoms with Gasteiger partial charge in [0.2, 0.25) is 0 Å². The summed E-state index contributed by atoms with van der Waals surface area (Å²) in [5, 5.41) is 3.08. The molecule has 1 aliphatic carbocycles. The summed E-state index contributed by atoms with van der Waals surface area (Å²) < 4.78 is 6.58. The first-order chi connectivity index (χ1) is 9.25. The molecule has 1 aliphatic rings. The number of amides is 1. The van der Waals surface area contributed by atoms with E-state index in [2.05, 4.69) is 27.9 Å². The Bertz CT molecular complexity index is 414. The van der Waals surface area contributed by atoms with Gasteiger partial charge >= 0.3 is 0 Å². The van der Waals surface area contributed by atoms with Crippen LogP contribution in [-0.2, 0) is 4.79 Å². The van der Waals surface area contributed by atoms with Gasteiger partial charge in [-0.3, -0.25) is 4.79 Å². The maximum absolute atomic E-state index is 11.9. The molecule has 0 unspecified atom stereocenters. The summed E-state index contributed by atoms with van der Waals surface area (Å²) in [7, 11) is 0. The van der Waals surface area contributed by atoms with E-state index in [1.54, 1.807) is 0 Å². The molecule has 0 atom stereocenters. The summed E-state index contributed by atoms with van der Waals surface area (Å²) in [5.74, 6) is 0.769. The Morgan fingerprint density at radius 1 is 1.21 bits per heavy atom. The van der Waals surface area contributed by atoms with Gasteiger partial charge < -0.3 is 10.1 Å². The molecule has 1 aromatic carbocycles. The van der Waals surface area contributed by atoms with Crippen LogP contribution in [0, 0.1) is 3.57 Å². The molecule has 0 radical (unpaired) electrons. The number of carbonyl (C=O) groups is 1. The summed E-state index contributed by atoms with van der Waals surface area (Å²) in [6.07, 6.45) is 7.25. The van der Waals surface area contributed by atoms with Gasteiger partial charge in [-0.05, 0) is 47.6 Å². The summed E-state index contributed by atoms with van der Waals surface area (Å²) in [5.41, 5.74) is 0. The molecule has 0 spiro atoms. The highest BCUT2D eigenvalue weighted by Crippen LogP contribution is 2.20. The molecule has 0 heterocycles. The van der Waals surface area contributed by atoms with Crippen molar-refractivity contribution in [3.63, 3.8) is 0 Å². The Morgan fingerprint density at radius 3 is 2.58 bits per heavy atom. The van der Waals surface area contributed by atoms with Crippen LogP contribution in [-0.4, -0.2) is 18.6 Å². The Hall–Kier alpha value is -0.780. The second-order valence-corrected chi connectivity index (χ2v) is 6.14. The lowest BCUT2D eigenvalue weighted by molar-refractivity contribution is -0.123. The number of benzene rings is 1. The van der Waals surface area contributed by atoms with Crippen molar-refractivity contribution >= 4 is 28.5 Å². The zero-order valence-corrected chi connectivity index (χ0v) is 13.2. The molecule has 0 aromatic heterocycles. The predicted octanol–water partition coefficient (Wildman–Crippen LogP) is 3.51. The lowest BCUT2D eigenvalue weighted by Gasteiger charge is -2.16. The van der Waals surface area contributed by atoms with Crippen LogP contribution >= 0.6 is 22.6 Å². The minimum Gasteiger partial charge on any atom is -0.483 e. The second-order valence-electron chi connectivity index (χ2n) is 4.98. The van der Waals surface area contributed by atoms with Crippen LogP contribution in [0.5, 0.6) is 5.75 Å². The van der Waals surface area contributed by atoms with Crippen LogP contribution in [0.3, 0.4) is 0 Å². The first-order valence-electron chi connectivity index (χ1n) is 6.92. The van der Waals surface area contributed by atoms with E-state index in [9.17, 15) is 4.79 Å². The van der Waals surface area contributed by atoms with Crippen LogP contribution in [0.2, 0.25) is 0 Å². The van der Waals surface area contributed by atoms with E-state index in [1.165, 1.54) is 25.7 Å². The third-order valence-electron chi connectivity index (χ3n) is 3.42. The van der Waals surface area contributed by atoms with Crippen molar-refractivity contribution in [3.8, 4) is 5.75 Å². The van der Waals surface area contributed by atoms with Crippen molar-refractivity contribution in [2.45, 2.75) is 44.6 Å². The summed E-state index contributed by atoms with van der Waals surface area (Å²) in [6.45, 7) is 0.108. The molecule has 3 nitrogen and oxygen atoms in total. The van der Waals surface area contributed by atoms with E-state index in [4.69, 9.17) is 4.74 Å². The molecule has 1 saturated carbocycles.